The van der Waals surface area contributed by atoms with Crippen molar-refractivity contribution in [2.24, 2.45) is 0 Å². The molecule has 1 N–H and O–H groups in total. The van der Waals surface area contributed by atoms with Crippen LogP contribution in [0, 0.1) is 20.8 Å². The van der Waals surface area contributed by atoms with Gasteiger partial charge in [0.2, 0.25) is 0 Å². The minimum absolute atomic E-state index is 0.325. The van der Waals surface area contributed by atoms with Crippen LogP contribution >= 0.6 is 0 Å². The summed E-state index contributed by atoms with van der Waals surface area (Å²) < 4.78 is 1.86. The number of aryl methyl sites for hydroxylation is 2. The largest absolute Gasteiger partial charge is 0.478 e. The van der Waals surface area contributed by atoms with Gasteiger partial charge < -0.3 is 9.67 Å². The lowest BCUT2D eigenvalue weighted by atomic mass is 10.2. The number of carbonyl (C=O) groups is 1. The fraction of sp³-hybridized carbons (Fsp3) is 0.231. The SMILES string of the molecule is Cc1ccnc(-n2c(C)cc(C(=O)O)c2C)c1. The molecule has 0 aromatic carbocycles. The molecule has 2 aromatic heterocycles. The maximum atomic E-state index is 11.1. The summed E-state index contributed by atoms with van der Waals surface area (Å²) in [6.07, 6.45) is 1.73. The molecule has 0 aliphatic carbocycles. The topological polar surface area (TPSA) is 55.1 Å². The van der Waals surface area contributed by atoms with Gasteiger partial charge in [-0.1, -0.05) is 0 Å². The van der Waals surface area contributed by atoms with Gasteiger partial charge in [0.15, 0.2) is 0 Å². The second-order valence-corrected chi connectivity index (χ2v) is 4.12. The van der Waals surface area contributed by atoms with E-state index in [-0.39, 0.29) is 0 Å². The van der Waals surface area contributed by atoms with Crippen LogP contribution in [-0.4, -0.2) is 20.6 Å². The van der Waals surface area contributed by atoms with Crippen molar-refractivity contribution < 1.29 is 9.90 Å². The number of nitrogens with zero attached hydrogens (tertiary/aromatic N) is 2. The van der Waals surface area contributed by atoms with E-state index in [1.807, 2.05) is 30.5 Å². The molecule has 88 valence electrons. The number of hydrogen-bond donors (Lipinski definition) is 1. The predicted molar refractivity (Wildman–Crippen MR) is 64.7 cm³/mol. The van der Waals surface area contributed by atoms with Crippen molar-refractivity contribution in [2.45, 2.75) is 20.8 Å². The van der Waals surface area contributed by atoms with Gasteiger partial charge in [0.05, 0.1) is 5.56 Å². The van der Waals surface area contributed by atoms with Gasteiger partial charge >= 0.3 is 5.97 Å². The zero-order chi connectivity index (χ0) is 12.6. The molecule has 0 spiro atoms. The lowest BCUT2D eigenvalue weighted by Gasteiger charge is -2.08. The first kappa shape index (κ1) is 11.4. The van der Waals surface area contributed by atoms with E-state index in [1.165, 1.54) is 0 Å². The number of aromatic carboxylic acids is 1. The zero-order valence-corrected chi connectivity index (χ0v) is 10.1. The van der Waals surface area contributed by atoms with Gasteiger partial charge in [-0.3, -0.25) is 0 Å². The fourth-order valence-electron chi connectivity index (χ4n) is 1.97. The smallest absolute Gasteiger partial charge is 0.337 e. The van der Waals surface area contributed by atoms with Crippen LogP contribution in [0.4, 0.5) is 0 Å². The van der Waals surface area contributed by atoms with Crippen molar-refractivity contribution in [3.63, 3.8) is 0 Å². The first-order chi connectivity index (χ1) is 8.00. The van der Waals surface area contributed by atoms with Crippen LogP contribution in [-0.2, 0) is 0 Å². The van der Waals surface area contributed by atoms with Gasteiger partial charge in [-0.2, -0.15) is 0 Å². The molecule has 0 aliphatic rings. The lowest BCUT2D eigenvalue weighted by Crippen LogP contribution is -2.04. The Bertz CT molecular complexity index is 585. The van der Waals surface area contributed by atoms with Crippen molar-refractivity contribution >= 4 is 5.97 Å². The van der Waals surface area contributed by atoms with Crippen molar-refractivity contribution in [1.82, 2.24) is 9.55 Å². The number of rotatable bonds is 2. The summed E-state index contributed by atoms with van der Waals surface area (Å²) in [6, 6.07) is 5.52. The zero-order valence-electron chi connectivity index (χ0n) is 10.1. The summed E-state index contributed by atoms with van der Waals surface area (Å²) in [7, 11) is 0. The average Bonchev–Trinajstić information content (AvgIpc) is 2.54. The van der Waals surface area contributed by atoms with E-state index in [0.717, 1.165) is 17.1 Å². The average molecular weight is 230 g/mol. The highest BCUT2D eigenvalue weighted by molar-refractivity contribution is 5.89. The Morgan fingerprint density at radius 2 is 2.00 bits per heavy atom. The van der Waals surface area contributed by atoms with Gasteiger partial charge in [-0.25, -0.2) is 9.78 Å². The molecule has 2 aromatic rings. The molecule has 0 aliphatic heterocycles. The summed E-state index contributed by atoms with van der Waals surface area (Å²) >= 11 is 0. The molecular formula is C13H14N2O2. The Morgan fingerprint density at radius 3 is 2.53 bits per heavy atom. The summed E-state index contributed by atoms with van der Waals surface area (Å²) in [5, 5.41) is 9.07. The van der Waals surface area contributed by atoms with Crippen LogP contribution in [0.15, 0.2) is 24.4 Å². The standard InChI is InChI=1S/C13H14N2O2/c1-8-4-5-14-12(6-8)15-9(2)7-11(10(15)3)13(16)17/h4-7H,1-3H3,(H,16,17). The highest BCUT2D eigenvalue weighted by atomic mass is 16.4. The summed E-state index contributed by atoms with van der Waals surface area (Å²) in [4.78, 5) is 15.3. The third kappa shape index (κ3) is 1.93. The second kappa shape index (κ2) is 4.05. The van der Waals surface area contributed by atoms with Gasteiger partial charge in [0, 0.05) is 17.6 Å². The van der Waals surface area contributed by atoms with Crippen LogP contribution in [0.3, 0.4) is 0 Å². The van der Waals surface area contributed by atoms with Crippen molar-refractivity contribution in [3.05, 3.63) is 46.9 Å². The molecule has 0 bridgehead atoms. The van der Waals surface area contributed by atoms with E-state index in [9.17, 15) is 4.79 Å². The summed E-state index contributed by atoms with van der Waals surface area (Å²) in [6.45, 7) is 5.65. The van der Waals surface area contributed by atoms with E-state index >= 15 is 0 Å². The molecule has 0 atom stereocenters. The molecular weight excluding hydrogens is 216 g/mol. The quantitative estimate of drug-likeness (QED) is 0.862. The monoisotopic (exact) mass is 230 g/mol. The number of pyridine rings is 1. The van der Waals surface area contributed by atoms with Gasteiger partial charge in [0.1, 0.15) is 5.82 Å². The third-order valence-electron chi connectivity index (χ3n) is 2.79. The first-order valence-electron chi connectivity index (χ1n) is 5.36. The van der Waals surface area contributed by atoms with Gasteiger partial charge in [-0.05, 0) is 44.5 Å². The number of carboxylic acids is 1. The Kier molecular flexibility index (Phi) is 2.71. The van der Waals surface area contributed by atoms with Crippen LogP contribution in [0.2, 0.25) is 0 Å². The number of carboxylic acid groups (broad SMARTS) is 1. The van der Waals surface area contributed by atoms with Crippen LogP contribution in [0.1, 0.15) is 27.3 Å². The Hall–Kier alpha value is -2.10. The predicted octanol–water partition coefficient (Wildman–Crippen LogP) is 2.50. The summed E-state index contributed by atoms with van der Waals surface area (Å²) in [5.74, 6) is -0.149. The molecule has 2 rings (SSSR count). The molecule has 0 saturated heterocycles. The van der Waals surface area contributed by atoms with E-state index in [1.54, 1.807) is 19.2 Å². The normalized spacial score (nSPS) is 10.5. The molecule has 4 heteroatoms. The maximum Gasteiger partial charge on any atom is 0.337 e. The minimum atomic E-state index is -0.906. The van der Waals surface area contributed by atoms with Crippen molar-refractivity contribution in [2.75, 3.05) is 0 Å². The highest BCUT2D eigenvalue weighted by Gasteiger charge is 2.15. The van der Waals surface area contributed by atoms with Crippen LogP contribution in [0.5, 0.6) is 0 Å². The summed E-state index contributed by atoms with van der Waals surface area (Å²) in [5.41, 5.74) is 3.00. The Balaban J connectivity index is 2.64. The molecule has 0 unspecified atom stereocenters. The molecule has 0 radical (unpaired) electrons. The third-order valence-corrected chi connectivity index (χ3v) is 2.79. The molecule has 4 nitrogen and oxygen atoms in total. The second-order valence-electron chi connectivity index (χ2n) is 4.12. The van der Waals surface area contributed by atoms with E-state index < -0.39 is 5.97 Å². The van der Waals surface area contributed by atoms with Gasteiger partial charge in [0.25, 0.3) is 0 Å². The van der Waals surface area contributed by atoms with E-state index in [0.29, 0.717) is 11.3 Å². The van der Waals surface area contributed by atoms with E-state index in [2.05, 4.69) is 4.98 Å². The first-order valence-corrected chi connectivity index (χ1v) is 5.36. The van der Waals surface area contributed by atoms with Gasteiger partial charge in [-0.15, -0.1) is 0 Å². The van der Waals surface area contributed by atoms with Crippen molar-refractivity contribution in [1.29, 1.82) is 0 Å². The van der Waals surface area contributed by atoms with Crippen molar-refractivity contribution in [3.8, 4) is 5.82 Å². The lowest BCUT2D eigenvalue weighted by molar-refractivity contribution is 0.0696. The van der Waals surface area contributed by atoms with Crippen LogP contribution < -0.4 is 0 Å². The van der Waals surface area contributed by atoms with E-state index in [4.69, 9.17) is 5.11 Å². The molecule has 0 saturated carbocycles. The Labute approximate surface area is 99.5 Å². The molecule has 0 amide bonds. The van der Waals surface area contributed by atoms with Crippen LogP contribution in [0.25, 0.3) is 5.82 Å². The molecule has 0 fully saturated rings. The minimum Gasteiger partial charge on any atom is -0.478 e. The highest BCUT2D eigenvalue weighted by Crippen LogP contribution is 2.19. The molecule has 17 heavy (non-hydrogen) atoms. The fourth-order valence-corrected chi connectivity index (χ4v) is 1.97. The molecule has 2 heterocycles. The maximum absolute atomic E-state index is 11.1. The number of aromatic nitrogens is 2. The Morgan fingerprint density at radius 1 is 1.29 bits per heavy atom. The number of hydrogen-bond acceptors (Lipinski definition) is 2.